The average Bonchev–Trinajstić information content (AvgIpc) is 2.43. The number of phenols is 1. The van der Waals surface area contributed by atoms with E-state index in [1.807, 2.05) is 25.1 Å². The van der Waals surface area contributed by atoms with E-state index in [-0.39, 0.29) is 6.04 Å². The van der Waals surface area contributed by atoms with Gasteiger partial charge in [0.2, 0.25) is 0 Å². The lowest BCUT2D eigenvalue weighted by Crippen LogP contribution is -2.23. The molecule has 0 aliphatic carbocycles. The predicted molar refractivity (Wildman–Crippen MR) is 75.3 cm³/mol. The number of aryl methyl sites for hydroxylation is 1. The SMILES string of the molecule is Cc1cc(NC2COCc3ccccc32)ccc1O. The molecule has 0 fully saturated rings. The first-order chi connectivity index (χ1) is 9.24. The third kappa shape index (κ3) is 2.42. The van der Waals surface area contributed by atoms with Crippen LogP contribution in [-0.2, 0) is 11.3 Å². The molecule has 1 aliphatic heterocycles. The lowest BCUT2D eigenvalue weighted by Gasteiger charge is -2.27. The molecule has 1 atom stereocenters. The van der Waals surface area contributed by atoms with Crippen LogP contribution < -0.4 is 5.32 Å². The van der Waals surface area contributed by atoms with Gasteiger partial charge >= 0.3 is 0 Å². The summed E-state index contributed by atoms with van der Waals surface area (Å²) in [5, 5.41) is 13.0. The zero-order valence-corrected chi connectivity index (χ0v) is 10.9. The van der Waals surface area contributed by atoms with Crippen molar-refractivity contribution in [3.63, 3.8) is 0 Å². The summed E-state index contributed by atoms with van der Waals surface area (Å²) < 4.78 is 5.62. The van der Waals surface area contributed by atoms with Gasteiger partial charge in [0, 0.05) is 5.69 Å². The van der Waals surface area contributed by atoms with Gasteiger partial charge in [0.25, 0.3) is 0 Å². The van der Waals surface area contributed by atoms with Crippen molar-refractivity contribution in [3.05, 3.63) is 59.2 Å². The molecule has 3 rings (SSSR count). The van der Waals surface area contributed by atoms with Gasteiger partial charge < -0.3 is 15.2 Å². The highest BCUT2D eigenvalue weighted by molar-refractivity contribution is 5.52. The smallest absolute Gasteiger partial charge is 0.118 e. The Morgan fingerprint density at radius 3 is 2.89 bits per heavy atom. The van der Waals surface area contributed by atoms with Crippen LogP contribution in [0.1, 0.15) is 22.7 Å². The predicted octanol–water partition coefficient (Wildman–Crippen LogP) is 3.38. The Kier molecular flexibility index (Phi) is 3.13. The molecular weight excluding hydrogens is 238 g/mol. The molecule has 3 nitrogen and oxygen atoms in total. The summed E-state index contributed by atoms with van der Waals surface area (Å²) in [6.07, 6.45) is 0. The van der Waals surface area contributed by atoms with Crippen LogP contribution in [0.5, 0.6) is 5.75 Å². The monoisotopic (exact) mass is 255 g/mol. The van der Waals surface area contributed by atoms with Crippen molar-refractivity contribution in [2.75, 3.05) is 11.9 Å². The highest BCUT2D eigenvalue weighted by Crippen LogP contribution is 2.29. The molecule has 19 heavy (non-hydrogen) atoms. The Labute approximate surface area is 112 Å². The summed E-state index contributed by atoms with van der Waals surface area (Å²) in [6.45, 7) is 3.24. The van der Waals surface area contributed by atoms with E-state index in [1.54, 1.807) is 6.07 Å². The van der Waals surface area contributed by atoms with Crippen LogP contribution in [0.3, 0.4) is 0 Å². The number of rotatable bonds is 2. The number of ether oxygens (including phenoxy) is 1. The van der Waals surface area contributed by atoms with E-state index in [2.05, 4.69) is 23.5 Å². The van der Waals surface area contributed by atoms with Crippen molar-refractivity contribution in [2.24, 2.45) is 0 Å². The molecule has 0 saturated heterocycles. The van der Waals surface area contributed by atoms with Crippen LogP contribution in [0, 0.1) is 6.92 Å². The lowest BCUT2D eigenvalue weighted by atomic mass is 9.99. The van der Waals surface area contributed by atoms with Crippen molar-refractivity contribution in [2.45, 2.75) is 19.6 Å². The minimum Gasteiger partial charge on any atom is -0.508 e. The Hall–Kier alpha value is -2.00. The number of phenolic OH excluding ortho intramolecular Hbond substituents is 1. The number of benzene rings is 2. The van der Waals surface area contributed by atoms with Gasteiger partial charge in [-0.3, -0.25) is 0 Å². The summed E-state index contributed by atoms with van der Waals surface area (Å²) in [7, 11) is 0. The molecule has 0 aromatic heterocycles. The van der Waals surface area contributed by atoms with Gasteiger partial charge in [-0.25, -0.2) is 0 Å². The molecule has 1 heterocycles. The summed E-state index contributed by atoms with van der Waals surface area (Å²) >= 11 is 0. The Bertz CT molecular complexity index is 595. The molecule has 0 amide bonds. The van der Waals surface area contributed by atoms with E-state index in [1.165, 1.54) is 11.1 Å². The molecule has 0 spiro atoms. The minimum atomic E-state index is 0.161. The zero-order chi connectivity index (χ0) is 13.2. The minimum absolute atomic E-state index is 0.161. The van der Waals surface area contributed by atoms with Crippen molar-refractivity contribution in [1.29, 1.82) is 0 Å². The molecule has 0 bridgehead atoms. The molecule has 1 unspecified atom stereocenters. The largest absolute Gasteiger partial charge is 0.508 e. The topological polar surface area (TPSA) is 41.5 Å². The zero-order valence-electron chi connectivity index (χ0n) is 10.9. The van der Waals surface area contributed by atoms with Crippen LogP contribution in [0.25, 0.3) is 0 Å². The number of hydrogen-bond donors (Lipinski definition) is 2. The van der Waals surface area contributed by atoms with Crippen LogP contribution in [0.2, 0.25) is 0 Å². The van der Waals surface area contributed by atoms with Gasteiger partial charge in [0.05, 0.1) is 19.3 Å². The van der Waals surface area contributed by atoms with Gasteiger partial charge in [-0.1, -0.05) is 24.3 Å². The molecule has 3 heteroatoms. The quantitative estimate of drug-likeness (QED) is 0.808. The average molecular weight is 255 g/mol. The fourth-order valence-electron chi connectivity index (χ4n) is 2.45. The molecule has 2 aromatic rings. The second-order valence-corrected chi connectivity index (χ2v) is 4.91. The van der Waals surface area contributed by atoms with E-state index < -0.39 is 0 Å². The van der Waals surface area contributed by atoms with Gasteiger partial charge in [-0.15, -0.1) is 0 Å². The van der Waals surface area contributed by atoms with Crippen LogP contribution in [-0.4, -0.2) is 11.7 Å². The molecule has 1 aliphatic rings. The van der Waals surface area contributed by atoms with E-state index in [4.69, 9.17) is 4.74 Å². The van der Waals surface area contributed by atoms with Crippen molar-refractivity contribution in [3.8, 4) is 5.75 Å². The van der Waals surface area contributed by atoms with Crippen LogP contribution >= 0.6 is 0 Å². The normalized spacial score (nSPS) is 17.8. The van der Waals surface area contributed by atoms with E-state index in [0.29, 0.717) is 19.0 Å². The van der Waals surface area contributed by atoms with E-state index >= 15 is 0 Å². The summed E-state index contributed by atoms with van der Waals surface area (Å²) in [6, 6.07) is 14.1. The lowest BCUT2D eigenvalue weighted by molar-refractivity contribution is 0.0970. The van der Waals surface area contributed by atoms with Crippen molar-refractivity contribution in [1.82, 2.24) is 0 Å². The van der Waals surface area contributed by atoms with Crippen molar-refractivity contribution >= 4 is 5.69 Å². The number of aromatic hydroxyl groups is 1. The fourth-order valence-corrected chi connectivity index (χ4v) is 2.45. The number of fused-ring (bicyclic) bond motifs is 1. The molecule has 0 radical (unpaired) electrons. The van der Waals surface area contributed by atoms with Gasteiger partial charge in [-0.05, 0) is 41.8 Å². The molecule has 0 saturated carbocycles. The molecule has 98 valence electrons. The van der Waals surface area contributed by atoms with E-state index in [0.717, 1.165) is 11.3 Å². The van der Waals surface area contributed by atoms with Gasteiger partial charge in [0.1, 0.15) is 5.75 Å². The highest BCUT2D eigenvalue weighted by Gasteiger charge is 2.20. The standard InChI is InChI=1S/C16H17NO2/c1-11-8-13(6-7-16(11)18)17-15-10-19-9-12-4-2-3-5-14(12)15/h2-8,15,17-18H,9-10H2,1H3. The third-order valence-electron chi connectivity index (χ3n) is 3.51. The van der Waals surface area contributed by atoms with E-state index in [9.17, 15) is 5.11 Å². The van der Waals surface area contributed by atoms with Gasteiger partial charge in [-0.2, -0.15) is 0 Å². The fraction of sp³-hybridized carbons (Fsp3) is 0.250. The highest BCUT2D eigenvalue weighted by atomic mass is 16.5. The number of nitrogens with one attached hydrogen (secondary N) is 1. The summed E-state index contributed by atoms with van der Waals surface area (Å²) in [5.74, 6) is 0.325. The summed E-state index contributed by atoms with van der Waals surface area (Å²) in [4.78, 5) is 0. The maximum Gasteiger partial charge on any atom is 0.118 e. The Balaban J connectivity index is 1.86. The summed E-state index contributed by atoms with van der Waals surface area (Å²) in [5.41, 5.74) is 4.40. The Morgan fingerprint density at radius 1 is 1.21 bits per heavy atom. The van der Waals surface area contributed by atoms with Crippen LogP contribution in [0.15, 0.2) is 42.5 Å². The number of hydrogen-bond acceptors (Lipinski definition) is 3. The second kappa shape index (κ2) is 4.94. The maximum atomic E-state index is 9.55. The molecule has 2 aromatic carbocycles. The first kappa shape index (κ1) is 12.1. The van der Waals surface area contributed by atoms with Gasteiger partial charge in [0.15, 0.2) is 0 Å². The van der Waals surface area contributed by atoms with Crippen molar-refractivity contribution < 1.29 is 9.84 Å². The first-order valence-corrected chi connectivity index (χ1v) is 6.46. The Morgan fingerprint density at radius 2 is 2.05 bits per heavy atom. The first-order valence-electron chi connectivity index (χ1n) is 6.46. The van der Waals surface area contributed by atoms with Crippen LogP contribution in [0.4, 0.5) is 5.69 Å². The maximum absolute atomic E-state index is 9.55. The number of anilines is 1. The third-order valence-corrected chi connectivity index (χ3v) is 3.51. The second-order valence-electron chi connectivity index (χ2n) is 4.91. The molecular formula is C16H17NO2. The molecule has 2 N–H and O–H groups in total.